The first kappa shape index (κ1) is 13.0. The largest absolute Gasteiger partial charge is 0.506 e. The molecule has 1 aromatic carbocycles. The normalized spacial score (nSPS) is 10.7. The fourth-order valence-corrected chi connectivity index (χ4v) is 2.29. The van der Waals surface area contributed by atoms with Gasteiger partial charge < -0.3 is 9.63 Å². The number of nitrogens with zero attached hydrogens (tertiary/aromatic N) is 2. The van der Waals surface area contributed by atoms with Crippen LogP contribution in [-0.4, -0.2) is 15.2 Å². The molecule has 0 saturated carbocycles. The summed E-state index contributed by atoms with van der Waals surface area (Å²) in [4.78, 5) is 4.17. The standard InChI is InChI=1S/C14H8Cl2N2O2/c15-8-5-9(14(19)10(16)6-8)12-7-13(20-18-12)11-3-1-2-4-17-11/h1-7,19H. The van der Waals surface area contributed by atoms with E-state index in [0.29, 0.717) is 27.7 Å². The lowest BCUT2D eigenvalue weighted by atomic mass is 10.1. The first-order valence-electron chi connectivity index (χ1n) is 5.71. The number of hydrogen-bond donors (Lipinski definition) is 1. The van der Waals surface area contributed by atoms with Crippen LogP contribution in [0.5, 0.6) is 5.75 Å². The van der Waals surface area contributed by atoms with Crippen molar-refractivity contribution in [3.8, 4) is 28.5 Å². The Morgan fingerprint density at radius 1 is 1.05 bits per heavy atom. The summed E-state index contributed by atoms with van der Waals surface area (Å²) < 4.78 is 5.23. The van der Waals surface area contributed by atoms with Crippen LogP contribution in [0.25, 0.3) is 22.7 Å². The van der Waals surface area contributed by atoms with Crippen LogP contribution in [0.3, 0.4) is 0 Å². The third-order valence-electron chi connectivity index (χ3n) is 2.73. The monoisotopic (exact) mass is 306 g/mol. The molecule has 6 heteroatoms. The van der Waals surface area contributed by atoms with Gasteiger partial charge in [-0.3, -0.25) is 4.98 Å². The number of halogens is 2. The second-order valence-corrected chi connectivity index (χ2v) is 4.92. The molecule has 0 amide bonds. The fourth-order valence-electron chi connectivity index (χ4n) is 1.79. The molecule has 0 aliphatic heterocycles. The van der Waals surface area contributed by atoms with Crippen molar-refractivity contribution in [3.63, 3.8) is 0 Å². The Kier molecular flexibility index (Phi) is 3.34. The van der Waals surface area contributed by atoms with Gasteiger partial charge in [0.25, 0.3) is 0 Å². The highest BCUT2D eigenvalue weighted by atomic mass is 35.5. The van der Waals surface area contributed by atoms with Crippen LogP contribution in [-0.2, 0) is 0 Å². The highest BCUT2D eigenvalue weighted by Crippen LogP contribution is 2.38. The molecule has 0 fully saturated rings. The lowest BCUT2D eigenvalue weighted by molar-refractivity contribution is 0.432. The van der Waals surface area contributed by atoms with Crippen LogP contribution < -0.4 is 0 Å². The maximum atomic E-state index is 9.97. The molecular weight excluding hydrogens is 299 g/mol. The minimum absolute atomic E-state index is 0.0862. The van der Waals surface area contributed by atoms with Gasteiger partial charge in [-0.2, -0.15) is 0 Å². The Morgan fingerprint density at radius 2 is 1.90 bits per heavy atom. The molecule has 1 N–H and O–H groups in total. The molecule has 0 saturated heterocycles. The molecule has 0 aliphatic carbocycles. The third kappa shape index (κ3) is 2.35. The van der Waals surface area contributed by atoms with E-state index in [-0.39, 0.29) is 10.8 Å². The van der Waals surface area contributed by atoms with Gasteiger partial charge >= 0.3 is 0 Å². The Morgan fingerprint density at radius 3 is 2.65 bits per heavy atom. The summed E-state index contributed by atoms with van der Waals surface area (Å²) >= 11 is 11.8. The lowest BCUT2D eigenvalue weighted by Gasteiger charge is -2.03. The smallest absolute Gasteiger partial charge is 0.185 e. The Balaban J connectivity index is 2.07. The first-order valence-corrected chi connectivity index (χ1v) is 6.47. The van der Waals surface area contributed by atoms with E-state index in [0.717, 1.165) is 0 Å². The summed E-state index contributed by atoms with van der Waals surface area (Å²) in [5.41, 5.74) is 1.50. The van der Waals surface area contributed by atoms with Gasteiger partial charge in [-0.25, -0.2) is 0 Å². The van der Waals surface area contributed by atoms with Crippen LogP contribution in [0.4, 0.5) is 0 Å². The molecule has 0 spiro atoms. The van der Waals surface area contributed by atoms with Crippen molar-refractivity contribution in [1.82, 2.24) is 10.1 Å². The molecule has 0 aliphatic rings. The summed E-state index contributed by atoms with van der Waals surface area (Å²) in [5, 5.41) is 14.5. The molecule has 0 radical (unpaired) electrons. The van der Waals surface area contributed by atoms with E-state index in [9.17, 15) is 5.11 Å². The van der Waals surface area contributed by atoms with Crippen LogP contribution in [0.2, 0.25) is 10.0 Å². The Hall–Kier alpha value is -2.04. The zero-order valence-electron chi connectivity index (χ0n) is 10.0. The molecule has 0 unspecified atom stereocenters. The number of phenolic OH excluding ortho intramolecular Hbond substituents is 1. The summed E-state index contributed by atoms with van der Waals surface area (Å²) in [6, 6.07) is 10.2. The number of hydrogen-bond acceptors (Lipinski definition) is 4. The highest BCUT2D eigenvalue weighted by Gasteiger charge is 2.15. The second-order valence-electron chi connectivity index (χ2n) is 4.08. The molecule has 20 heavy (non-hydrogen) atoms. The third-order valence-corrected chi connectivity index (χ3v) is 3.24. The van der Waals surface area contributed by atoms with E-state index in [2.05, 4.69) is 10.1 Å². The molecule has 100 valence electrons. The van der Waals surface area contributed by atoms with Gasteiger partial charge in [0.15, 0.2) is 5.76 Å². The van der Waals surface area contributed by atoms with Crippen molar-refractivity contribution in [2.45, 2.75) is 0 Å². The van der Waals surface area contributed by atoms with Crippen molar-refractivity contribution < 1.29 is 9.63 Å². The number of rotatable bonds is 2. The van der Waals surface area contributed by atoms with Crippen LogP contribution in [0, 0.1) is 0 Å². The van der Waals surface area contributed by atoms with Gasteiger partial charge in [0, 0.05) is 22.8 Å². The average Bonchev–Trinajstić information content (AvgIpc) is 2.93. The predicted octanol–water partition coefficient (Wildman–Crippen LogP) is 4.42. The van der Waals surface area contributed by atoms with E-state index < -0.39 is 0 Å². The summed E-state index contributed by atoms with van der Waals surface area (Å²) in [5.74, 6) is 0.410. The maximum Gasteiger partial charge on any atom is 0.185 e. The van der Waals surface area contributed by atoms with Crippen LogP contribution in [0.1, 0.15) is 0 Å². The quantitative estimate of drug-likeness (QED) is 0.761. The van der Waals surface area contributed by atoms with Crippen LogP contribution >= 0.6 is 23.2 Å². The number of phenols is 1. The number of benzene rings is 1. The van der Waals surface area contributed by atoms with Gasteiger partial charge in [0.1, 0.15) is 17.1 Å². The van der Waals surface area contributed by atoms with Crippen molar-refractivity contribution >= 4 is 23.2 Å². The first-order chi connectivity index (χ1) is 9.65. The van der Waals surface area contributed by atoms with Crippen molar-refractivity contribution in [2.75, 3.05) is 0 Å². The Labute approximate surface area is 124 Å². The van der Waals surface area contributed by atoms with E-state index in [1.807, 2.05) is 12.1 Å². The fraction of sp³-hybridized carbons (Fsp3) is 0. The van der Waals surface area contributed by atoms with Crippen LogP contribution in [0.15, 0.2) is 47.1 Å². The second kappa shape index (κ2) is 5.15. The molecule has 2 heterocycles. The summed E-state index contributed by atoms with van der Waals surface area (Å²) in [6.45, 7) is 0. The van der Waals surface area contributed by atoms with Gasteiger partial charge in [-0.1, -0.05) is 34.4 Å². The molecule has 4 nitrogen and oxygen atoms in total. The average molecular weight is 307 g/mol. The zero-order chi connectivity index (χ0) is 14.1. The van der Waals surface area contributed by atoms with Gasteiger partial charge in [0.2, 0.25) is 0 Å². The maximum absolute atomic E-state index is 9.97. The van der Waals surface area contributed by atoms with E-state index in [1.165, 1.54) is 6.07 Å². The Bertz CT molecular complexity index is 757. The van der Waals surface area contributed by atoms with Gasteiger partial charge in [-0.05, 0) is 24.3 Å². The lowest BCUT2D eigenvalue weighted by Crippen LogP contribution is -1.81. The SMILES string of the molecule is Oc1c(Cl)cc(Cl)cc1-c1cc(-c2ccccn2)on1. The summed E-state index contributed by atoms with van der Waals surface area (Å²) in [6.07, 6.45) is 1.66. The molecule has 3 rings (SSSR count). The summed E-state index contributed by atoms with van der Waals surface area (Å²) in [7, 11) is 0. The topological polar surface area (TPSA) is 59.2 Å². The van der Waals surface area contributed by atoms with Gasteiger partial charge in [-0.15, -0.1) is 0 Å². The van der Waals surface area contributed by atoms with Crippen molar-refractivity contribution in [1.29, 1.82) is 0 Å². The zero-order valence-corrected chi connectivity index (χ0v) is 11.6. The minimum Gasteiger partial charge on any atom is -0.506 e. The predicted molar refractivity (Wildman–Crippen MR) is 76.9 cm³/mol. The number of aromatic hydroxyl groups is 1. The molecule has 0 atom stereocenters. The van der Waals surface area contributed by atoms with Crippen molar-refractivity contribution in [2.24, 2.45) is 0 Å². The molecule has 3 aromatic rings. The molecule has 0 bridgehead atoms. The highest BCUT2D eigenvalue weighted by molar-refractivity contribution is 6.36. The van der Waals surface area contributed by atoms with Gasteiger partial charge in [0.05, 0.1) is 5.02 Å². The van der Waals surface area contributed by atoms with E-state index in [1.54, 1.807) is 24.4 Å². The molecular formula is C14H8Cl2N2O2. The molecule has 2 aromatic heterocycles. The minimum atomic E-state index is -0.0862. The van der Waals surface area contributed by atoms with Crippen molar-refractivity contribution in [3.05, 3.63) is 52.6 Å². The van der Waals surface area contributed by atoms with E-state index in [4.69, 9.17) is 27.7 Å². The van der Waals surface area contributed by atoms with E-state index >= 15 is 0 Å². The number of pyridine rings is 1. The number of aromatic nitrogens is 2.